The van der Waals surface area contributed by atoms with Crippen LogP contribution in [-0.2, 0) is 14.3 Å². The zero-order chi connectivity index (χ0) is 16.8. The summed E-state index contributed by atoms with van der Waals surface area (Å²) in [4.78, 5) is 21.2. The fourth-order valence-electron chi connectivity index (χ4n) is 2.55. The topological polar surface area (TPSA) is 63.6 Å². The molecule has 0 aromatic rings. The molecule has 1 saturated carbocycles. The molecule has 0 bridgehead atoms. The van der Waals surface area contributed by atoms with Crippen molar-refractivity contribution in [2.24, 2.45) is 11.8 Å². The van der Waals surface area contributed by atoms with E-state index in [1.54, 1.807) is 6.92 Å². The molecule has 1 aliphatic carbocycles. The van der Waals surface area contributed by atoms with Crippen molar-refractivity contribution in [3.05, 3.63) is 0 Å². The number of aliphatic carboxylic acids is 1. The Hall–Kier alpha value is -1.06. The summed E-state index contributed by atoms with van der Waals surface area (Å²) in [6, 6.07) is 0. The smallest absolute Gasteiger partial charge is 0.308 e. The Kier molecular flexibility index (Phi) is 12.9. The van der Waals surface area contributed by atoms with E-state index in [1.807, 2.05) is 0 Å². The highest BCUT2D eigenvalue weighted by Gasteiger charge is 2.23. The first-order valence-electron chi connectivity index (χ1n) is 8.93. The van der Waals surface area contributed by atoms with Gasteiger partial charge in [0.1, 0.15) is 0 Å². The second-order valence-corrected chi connectivity index (χ2v) is 6.13. The van der Waals surface area contributed by atoms with Gasteiger partial charge < -0.3 is 9.84 Å². The third-order valence-electron chi connectivity index (χ3n) is 4.25. The van der Waals surface area contributed by atoms with Gasteiger partial charge in [0, 0.05) is 6.42 Å². The highest BCUT2D eigenvalue weighted by molar-refractivity contribution is 5.72. The number of unbranched alkanes of at least 4 members (excludes halogenated alkanes) is 1. The molecule has 0 aromatic carbocycles. The molecule has 1 aliphatic rings. The number of carbonyl (C=O) groups is 2. The van der Waals surface area contributed by atoms with E-state index in [1.165, 1.54) is 38.5 Å². The van der Waals surface area contributed by atoms with Gasteiger partial charge >= 0.3 is 11.9 Å². The molecule has 1 atom stereocenters. The Morgan fingerprint density at radius 1 is 1.14 bits per heavy atom. The average molecular weight is 314 g/mol. The number of hydrogen-bond donors (Lipinski definition) is 1. The van der Waals surface area contributed by atoms with Crippen LogP contribution < -0.4 is 0 Å². The number of rotatable bonds is 8. The van der Waals surface area contributed by atoms with E-state index in [0.29, 0.717) is 12.5 Å². The normalized spacial score (nSPS) is 16.3. The first-order valence-corrected chi connectivity index (χ1v) is 8.93. The molecule has 0 amide bonds. The molecule has 0 spiro atoms. The largest absolute Gasteiger partial charge is 0.481 e. The lowest BCUT2D eigenvalue weighted by Crippen LogP contribution is -2.23. The number of hydrogen-bond acceptors (Lipinski definition) is 3. The third-order valence-corrected chi connectivity index (χ3v) is 4.25. The fraction of sp³-hybridized carbons (Fsp3) is 0.889. The number of carboxylic acids is 1. The van der Waals surface area contributed by atoms with Crippen LogP contribution in [0.3, 0.4) is 0 Å². The van der Waals surface area contributed by atoms with E-state index < -0.39 is 5.97 Å². The summed E-state index contributed by atoms with van der Waals surface area (Å²) in [5.74, 6) is 0.0968. The Morgan fingerprint density at radius 2 is 1.73 bits per heavy atom. The summed E-state index contributed by atoms with van der Waals surface area (Å²) in [5.41, 5.74) is 0. The SMILES string of the molecule is CCC(=O)O.CCCCC(CC)COC(=O)C1CCCCC1. The molecule has 0 aromatic heterocycles. The van der Waals surface area contributed by atoms with Crippen LogP contribution in [0.1, 0.15) is 85.0 Å². The summed E-state index contributed by atoms with van der Waals surface area (Å²) in [6.45, 7) is 6.64. The Labute approximate surface area is 135 Å². The minimum absolute atomic E-state index is 0.0691. The fourth-order valence-corrected chi connectivity index (χ4v) is 2.55. The van der Waals surface area contributed by atoms with Crippen molar-refractivity contribution in [3.63, 3.8) is 0 Å². The van der Waals surface area contributed by atoms with Crippen LogP contribution in [0.15, 0.2) is 0 Å². The van der Waals surface area contributed by atoms with E-state index in [-0.39, 0.29) is 18.3 Å². The van der Waals surface area contributed by atoms with Crippen molar-refractivity contribution >= 4 is 11.9 Å². The number of carboxylic acid groups (broad SMARTS) is 1. The summed E-state index contributed by atoms with van der Waals surface area (Å²) in [6.07, 6.45) is 10.8. The highest BCUT2D eigenvalue weighted by atomic mass is 16.5. The molecule has 1 fully saturated rings. The van der Waals surface area contributed by atoms with Gasteiger partial charge in [0.25, 0.3) is 0 Å². The van der Waals surface area contributed by atoms with Gasteiger partial charge in [-0.2, -0.15) is 0 Å². The maximum atomic E-state index is 11.9. The molecule has 4 nitrogen and oxygen atoms in total. The first kappa shape index (κ1) is 20.9. The van der Waals surface area contributed by atoms with Gasteiger partial charge in [-0.05, 0) is 25.2 Å². The molecule has 1 unspecified atom stereocenters. The number of ether oxygens (including phenoxy) is 1. The predicted octanol–water partition coefficient (Wildman–Crippen LogP) is 4.81. The van der Waals surface area contributed by atoms with Gasteiger partial charge in [0.2, 0.25) is 0 Å². The molecule has 22 heavy (non-hydrogen) atoms. The van der Waals surface area contributed by atoms with Crippen LogP contribution in [-0.4, -0.2) is 23.7 Å². The van der Waals surface area contributed by atoms with Crippen molar-refractivity contribution in [1.82, 2.24) is 0 Å². The van der Waals surface area contributed by atoms with Crippen LogP contribution in [0, 0.1) is 11.8 Å². The molecule has 1 rings (SSSR count). The van der Waals surface area contributed by atoms with Crippen molar-refractivity contribution in [2.75, 3.05) is 6.61 Å². The molecule has 0 aliphatic heterocycles. The Bertz CT molecular complexity index is 295. The second kappa shape index (κ2) is 13.6. The molecular weight excluding hydrogens is 280 g/mol. The lowest BCUT2D eigenvalue weighted by atomic mass is 9.89. The highest BCUT2D eigenvalue weighted by Crippen LogP contribution is 2.25. The maximum absolute atomic E-state index is 11.9. The zero-order valence-corrected chi connectivity index (χ0v) is 14.6. The number of carbonyl (C=O) groups excluding carboxylic acids is 1. The van der Waals surface area contributed by atoms with Gasteiger partial charge in [-0.25, -0.2) is 0 Å². The van der Waals surface area contributed by atoms with E-state index in [9.17, 15) is 9.59 Å². The lowest BCUT2D eigenvalue weighted by Gasteiger charge is -2.21. The average Bonchev–Trinajstić information content (AvgIpc) is 2.56. The molecule has 4 heteroatoms. The van der Waals surface area contributed by atoms with Crippen LogP contribution >= 0.6 is 0 Å². The first-order chi connectivity index (χ1) is 10.5. The standard InChI is InChI=1S/C15H28O2.C3H6O2/c1-3-5-9-13(4-2)12-17-15(16)14-10-7-6-8-11-14;1-2-3(4)5/h13-14H,3-12H2,1-2H3;2H2,1H3,(H,4,5). The molecule has 1 N–H and O–H groups in total. The van der Waals surface area contributed by atoms with Gasteiger partial charge in [-0.1, -0.05) is 59.3 Å². The molecule has 0 saturated heterocycles. The molecule has 0 heterocycles. The third kappa shape index (κ3) is 10.6. The summed E-state index contributed by atoms with van der Waals surface area (Å²) >= 11 is 0. The van der Waals surface area contributed by atoms with Crippen LogP contribution in [0.4, 0.5) is 0 Å². The second-order valence-electron chi connectivity index (χ2n) is 6.13. The summed E-state index contributed by atoms with van der Waals surface area (Å²) in [5, 5.41) is 7.72. The van der Waals surface area contributed by atoms with Crippen molar-refractivity contribution in [1.29, 1.82) is 0 Å². The zero-order valence-electron chi connectivity index (χ0n) is 14.6. The van der Waals surface area contributed by atoms with Gasteiger partial charge in [-0.15, -0.1) is 0 Å². The quantitative estimate of drug-likeness (QED) is 0.653. The van der Waals surface area contributed by atoms with E-state index in [2.05, 4.69) is 13.8 Å². The van der Waals surface area contributed by atoms with E-state index in [4.69, 9.17) is 9.84 Å². The predicted molar refractivity (Wildman–Crippen MR) is 88.8 cm³/mol. The van der Waals surface area contributed by atoms with Crippen LogP contribution in [0.5, 0.6) is 0 Å². The summed E-state index contributed by atoms with van der Waals surface area (Å²) in [7, 11) is 0. The Balaban J connectivity index is 0.000000763. The molecule has 0 radical (unpaired) electrons. The monoisotopic (exact) mass is 314 g/mol. The van der Waals surface area contributed by atoms with Gasteiger partial charge in [0.15, 0.2) is 0 Å². The van der Waals surface area contributed by atoms with Crippen molar-refractivity contribution in [3.8, 4) is 0 Å². The van der Waals surface area contributed by atoms with Crippen LogP contribution in [0.25, 0.3) is 0 Å². The Morgan fingerprint density at radius 3 is 2.18 bits per heavy atom. The minimum Gasteiger partial charge on any atom is -0.481 e. The van der Waals surface area contributed by atoms with Crippen molar-refractivity contribution < 1.29 is 19.4 Å². The van der Waals surface area contributed by atoms with Gasteiger partial charge in [-0.3, -0.25) is 9.59 Å². The lowest BCUT2D eigenvalue weighted by molar-refractivity contribution is -0.151. The molecular formula is C18H34O4. The maximum Gasteiger partial charge on any atom is 0.308 e. The number of esters is 1. The van der Waals surface area contributed by atoms with E-state index in [0.717, 1.165) is 19.3 Å². The van der Waals surface area contributed by atoms with Crippen molar-refractivity contribution in [2.45, 2.75) is 85.0 Å². The van der Waals surface area contributed by atoms with Crippen LogP contribution in [0.2, 0.25) is 0 Å². The minimum atomic E-state index is -0.745. The summed E-state index contributed by atoms with van der Waals surface area (Å²) < 4.78 is 5.49. The molecule has 130 valence electrons. The van der Waals surface area contributed by atoms with E-state index >= 15 is 0 Å². The van der Waals surface area contributed by atoms with Gasteiger partial charge in [0.05, 0.1) is 12.5 Å².